The molecule has 0 aromatic heterocycles. The van der Waals surface area contributed by atoms with Crippen molar-refractivity contribution in [3.05, 3.63) is 57.7 Å². The Balaban J connectivity index is 1.28. The van der Waals surface area contributed by atoms with Crippen LogP contribution in [0.2, 0.25) is 0 Å². The maximum absolute atomic E-state index is 14.0. The van der Waals surface area contributed by atoms with Gasteiger partial charge in [-0.15, -0.1) is 0 Å². The quantitative estimate of drug-likeness (QED) is 0.0223. The molecular formula is C38H50F8O13. The third kappa shape index (κ3) is 19.2. The molecule has 59 heavy (non-hydrogen) atoms. The second kappa shape index (κ2) is 30.5. The second-order valence-corrected chi connectivity index (χ2v) is 11.8. The fraction of sp³-hybridized carbons (Fsp3) is 0.632. The van der Waals surface area contributed by atoms with E-state index in [-0.39, 0.29) is 78.5 Å². The fourth-order valence-corrected chi connectivity index (χ4v) is 4.66. The molecule has 0 atom stereocenters. The van der Waals surface area contributed by atoms with Crippen molar-refractivity contribution in [3.8, 4) is 11.5 Å². The summed E-state index contributed by atoms with van der Waals surface area (Å²) in [6.45, 7) is 7.12. The van der Waals surface area contributed by atoms with Gasteiger partial charge >= 0.3 is 11.9 Å². The van der Waals surface area contributed by atoms with Crippen molar-refractivity contribution < 1.29 is 96.8 Å². The molecule has 0 aliphatic carbocycles. The smallest absolute Gasteiger partial charge is 0.313 e. The highest BCUT2D eigenvalue weighted by molar-refractivity contribution is 5.73. The Labute approximate surface area is 336 Å². The average molecular weight is 867 g/mol. The number of hydrogen-bond acceptors (Lipinski definition) is 13. The van der Waals surface area contributed by atoms with Gasteiger partial charge in [-0.05, 0) is 12.8 Å². The summed E-state index contributed by atoms with van der Waals surface area (Å²) in [7, 11) is 0. The molecule has 0 saturated carbocycles. The normalized spacial score (nSPS) is 11.4. The first kappa shape index (κ1) is 51.6. The molecule has 0 unspecified atom stereocenters. The Bertz CT molecular complexity index is 1440. The van der Waals surface area contributed by atoms with E-state index in [4.69, 9.17) is 52.1 Å². The van der Waals surface area contributed by atoms with Crippen LogP contribution in [0.4, 0.5) is 35.1 Å². The Kier molecular flexibility index (Phi) is 26.7. The monoisotopic (exact) mass is 866 g/mol. The summed E-state index contributed by atoms with van der Waals surface area (Å²) < 4.78 is 167. The zero-order valence-electron chi connectivity index (χ0n) is 32.9. The molecule has 2 rings (SSSR count). The fourth-order valence-electron chi connectivity index (χ4n) is 4.66. The van der Waals surface area contributed by atoms with Crippen LogP contribution in [0.1, 0.15) is 37.8 Å². The summed E-state index contributed by atoms with van der Waals surface area (Å²) >= 11 is 0. The maximum Gasteiger partial charge on any atom is 0.313 e. The summed E-state index contributed by atoms with van der Waals surface area (Å²) in [6, 6.07) is 0. The van der Waals surface area contributed by atoms with E-state index in [9.17, 15) is 44.7 Å². The lowest BCUT2D eigenvalue weighted by Crippen LogP contribution is -2.17. The van der Waals surface area contributed by atoms with E-state index in [1.807, 2.05) is 0 Å². The zero-order valence-corrected chi connectivity index (χ0v) is 32.9. The van der Waals surface area contributed by atoms with Gasteiger partial charge in [-0.2, -0.15) is 8.78 Å². The van der Waals surface area contributed by atoms with Gasteiger partial charge in [-0.3, -0.25) is 9.59 Å². The van der Waals surface area contributed by atoms with Gasteiger partial charge in [0, 0.05) is 11.1 Å². The zero-order chi connectivity index (χ0) is 43.4. The first-order valence-electron chi connectivity index (χ1n) is 18.8. The number of halogens is 8. The Morgan fingerprint density at radius 1 is 0.322 bits per heavy atom. The van der Waals surface area contributed by atoms with Crippen LogP contribution in [0.3, 0.4) is 0 Å². The van der Waals surface area contributed by atoms with E-state index in [2.05, 4.69) is 0 Å². The van der Waals surface area contributed by atoms with Crippen LogP contribution in [0.25, 0.3) is 0 Å². The molecule has 0 fully saturated rings. The molecule has 0 bridgehead atoms. The molecule has 21 heteroatoms. The summed E-state index contributed by atoms with van der Waals surface area (Å²) in [6.07, 6.45) is -1.14. The number of carbonyl (C=O) groups excluding carboxylic acids is 2. The molecular weight excluding hydrogens is 816 g/mol. The van der Waals surface area contributed by atoms with Gasteiger partial charge in [0.15, 0.2) is 34.8 Å². The lowest BCUT2D eigenvalue weighted by atomic mass is 10.1. The van der Waals surface area contributed by atoms with E-state index in [1.54, 1.807) is 0 Å². The standard InChI is InChI=1S/C38H50F8O13/c1-3-25-29(39)31(41)33(43)35(45)37(25)58-27(47)5-7-49-9-11-51-13-15-53-17-19-55-21-23-57-24-22-56-20-18-54-16-14-52-12-10-50-8-6-28(48)59-38-26(4-2)30(40)32(42)34(44)36(38)46/h3-24H2,1-2H3. The Hall–Kier alpha value is -3.54. The van der Waals surface area contributed by atoms with Crippen molar-refractivity contribution in [3.63, 3.8) is 0 Å². The average Bonchev–Trinajstić information content (AvgIpc) is 3.22. The predicted molar refractivity (Wildman–Crippen MR) is 189 cm³/mol. The SMILES string of the molecule is CCc1c(F)c(F)c(F)c(F)c1OC(=O)CCOCCOCCOCCOCCOCCOCCOCCOCCOCCC(=O)Oc1c(F)c(F)c(F)c(F)c1CC. The van der Waals surface area contributed by atoms with Gasteiger partial charge in [-0.25, -0.2) is 26.3 Å². The number of esters is 2. The summed E-state index contributed by atoms with van der Waals surface area (Å²) in [5.74, 6) is -18.8. The largest absolute Gasteiger partial charge is 0.423 e. The van der Waals surface area contributed by atoms with Gasteiger partial charge in [0.05, 0.1) is 132 Å². The van der Waals surface area contributed by atoms with Crippen molar-refractivity contribution >= 4 is 11.9 Å². The van der Waals surface area contributed by atoms with Gasteiger partial charge in [-0.1, -0.05) is 13.8 Å². The molecule has 13 nitrogen and oxygen atoms in total. The van der Waals surface area contributed by atoms with E-state index in [0.29, 0.717) is 66.1 Å². The minimum Gasteiger partial charge on any atom is -0.423 e. The minimum absolute atomic E-state index is 0.125. The topological polar surface area (TPSA) is 136 Å². The predicted octanol–water partition coefficient (Wildman–Crippen LogP) is 5.36. The Morgan fingerprint density at radius 2 is 0.525 bits per heavy atom. The summed E-state index contributed by atoms with van der Waals surface area (Å²) in [5, 5.41) is 0. The van der Waals surface area contributed by atoms with Gasteiger partial charge in [0.25, 0.3) is 0 Å². The van der Waals surface area contributed by atoms with Crippen molar-refractivity contribution in [1.29, 1.82) is 0 Å². The van der Waals surface area contributed by atoms with Crippen molar-refractivity contribution in [2.45, 2.75) is 39.5 Å². The van der Waals surface area contributed by atoms with Crippen molar-refractivity contribution in [2.75, 3.05) is 119 Å². The third-order valence-corrected chi connectivity index (χ3v) is 7.65. The highest BCUT2D eigenvalue weighted by atomic mass is 19.2. The molecule has 0 spiro atoms. The van der Waals surface area contributed by atoms with Crippen LogP contribution < -0.4 is 9.47 Å². The lowest BCUT2D eigenvalue weighted by Gasteiger charge is -2.12. The van der Waals surface area contributed by atoms with Crippen LogP contribution in [0, 0.1) is 46.5 Å². The number of hydrogen-bond donors (Lipinski definition) is 0. The lowest BCUT2D eigenvalue weighted by molar-refractivity contribution is -0.137. The number of benzene rings is 2. The summed E-state index contributed by atoms with van der Waals surface area (Å²) in [4.78, 5) is 23.9. The van der Waals surface area contributed by atoms with Crippen LogP contribution in [0.15, 0.2) is 0 Å². The summed E-state index contributed by atoms with van der Waals surface area (Å²) in [5.41, 5.74) is -1.17. The number of carbonyl (C=O) groups is 2. The first-order chi connectivity index (χ1) is 28.5. The van der Waals surface area contributed by atoms with Crippen LogP contribution in [-0.2, 0) is 65.1 Å². The molecule has 336 valence electrons. The van der Waals surface area contributed by atoms with Crippen LogP contribution >= 0.6 is 0 Å². The van der Waals surface area contributed by atoms with Gasteiger partial charge < -0.3 is 52.1 Å². The Morgan fingerprint density at radius 3 is 0.746 bits per heavy atom. The second-order valence-electron chi connectivity index (χ2n) is 11.8. The van der Waals surface area contributed by atoms with E-state index >= 15 is 0 Å². The molecule has 0 N–H and O–H groups in total. The molecule has 2 aromatic carbocycles. The van der Waals surface area contributed by atoms with Crippen LogP contribution in [-0.4, -0.2) is 131 Å². The first-order valence-corrected chi connectivity index (χ1v) is 18.8. The number of rotatable bonds is 34. The molecule has 0 saturated heterocycles. The van der Waals surface area contributed by atoms with E-state index < -0.39 is 81.1 Å². The highest BCUT2D eigenvalue weighted by Crippen LogP contribution is 2.32. The van der Waals surface area contributed by atoms with Gasteiger partial charge in [0.1, 0.15) is 0 Å². The molecule has 0 heterocycles. The minimum atomic E-state index is -2.06. The highest BCUT2D eigenvalue weighted by Gasteiger charge is 2.28. The molecule has 0 aliphatic heterocycles. The van der Waals surface area contributed by atoms with E-state index in [0.717, 1.165) is 0 Å². The number of ether oxygens (including phenoxy) is 11. The van der Waals surface area contributed by atoms with Crippen molar-refractivity contribution in [1.82, 2.24) is 0 Å². The third-order valence-electron chi connectivity index (χ3n) is 7.65. The van der Waals surface area contributed by atoms with E-state index in [1.165, 1.54) is 13.8 Å². The molecule has 0 aliphatic rings. The van der Waals surface area contributed by atoms with Crippen LogP contribution in [0.5, 0.6) is 11.5 Å². The van der Waals surface area contributed by atoms with Crippen molar-refractivity contribution in [2.24, 2.45) is 0 Å². The maximum atomic E-state index is 14.0. The molecule has 0 radical (unpaired) electrons. The van der Waals surface area contributed by atoms with Gasteiger partial charge in [0.2, 0.25) is 23.3 Å². The molecule has 2 aromatic rings. The molecule has 0 amide bonds.